The third-order valence-electron chi connectivity index (χ3n) is 3.31. The van der Waals surface area contributed by atoms with Gasteiger partial charge in [0.25, 0.3) is 5.91 Å². The molecule has 1 amide bonds. The highest BCUT2D eigenvalue weighted by atomic mass is 35.5. The first-order chi connectivity index (χ1) is 10.3. The summed E-state index contributed by atoms with van der Waals surface area (Å²) in [6.45, 7) is 6.19. The van der Waals surface area contributed by atoms with E-state index < -0.39 is 5.97 Å². The average molecular weight is 322 g/mol. The number of carboxylic acid groups (broad SMARTS) is 1. The van der Waals surface area contributed by atoms with Gasteiger partial charge in [-0.25, -0.2) is 4.79 Å². The number of aryl methyl sites for hydroxylation is 2. The zero-order chi connectivity index (χ0) is 16.4. The Balaban J connectivity index is 2.33. The molecular formula is C15H16ClN3O3. The molecule has 2 N–H and O–H groups in total. The summed E-state index contributed by atoms with van der Waals surface area (Å²) < 4.78 is 1.74. The lowest BCUT2D eigenvalue weighted by Gasteiger charge is -2.08. The van der Waals surface area contributed by atoms with Crippen LogP contribution in [0.15, 0.2) is 18.2 Å². The van der Waals surface area contributed by atoms with Gasteiger partial charge in [0.2, 0.25) is 0 Å². The van der Waals surface area contributed by atoms with Crippen LogP contribution in [0.1, 0.15) is 39.0 Å². The number of rotatable bonds is 4. The van der Waals surface area contributed by atoms with Gasteiger partial charge >= 0.3 is 5.97 Å². The molecule has 6 nitrogen and oxygen atoms in total. The average Bonchev–Trinajstić information content (AvgIpc) is 2.72. The highest BCUT2D eigenvalue weighted by Gasteiger charge is 2.18. The van der Waals surface area contributed by atoms with Crippen molar-refractivity contribution in [3.05, 3.63) is 45.7 Å². The summed E-state index contributed by atoms with van der Waals surface area (Å²) >= 11 is 5.88. The Bertz CT molecular complexity index is 753. The van der Waals surface area contributed by atoms with E-state index in [0.717, 1.165) is 5.69 Å². The number of carbonyl (C=O) groups is 2. The maximum absolute atomic E-state index is 12.4. The molecule has 0 aliphatic heterocycles. The SMILES string of the molecule is CCn1nc(C)c(C(=O)Nc2cc(Cl)cc(C(=O)O)c2)c1C. The van der Waals surface area contributed by atoms with E-state index in [-0.39, 0.29) is 16.5 Å². The zero-order valence-corrected chi connectivity index (χ0v) is 13.2. The fraction of sp³-hybridized carbons (Fsp3) is 0.267. The molecule has 2 aromatic rings. The van der Waals surface area contributed by atoms with Crippen LogP contribution in [0.5, 0.6) is 0 Å². The zero-order valence-electron chi connectivity index (χ0n) is 12.5. The fourth-order valence-electron chi connectivity index (χ4n) is 2.31. The van der Waals surface area contributed by atoms with Crippen molar-refractivity contribution in [2.24, 2.45) is 0 Å². The van der Waals surface area contributed by atoms with Gasteiger partial charge in [-0.05, 0) is 39.0 Å². The minimum Gasteiger partial charge on any atom is -0.478 e. The van der Waals surface area contributed by atoms with E-state index in [2.05, 4.69) is 10.4 Å². The Kier molecular flexibility index (Phi) is 4.51. The summed E-state index contributed by atoms with van der Waals surface area (Å²) in [5, 5.41) is 16.2. The van der Waals surface area contributed by atoms with Crippen LogP contribution >= 0.6 is 11.6 Å². The molecule has 0 bridgehead atoms. The van der Waals surface area contributed by atoms with Crippen LogP contribution < -0.4 is 5.32 Å². The smallest absolute Gasteiger partial charge is 0.335 e. The largest absolute Gasteiger partial charge is 0.478 e. The topological polar surface area (TPSA) is 84.2 Å². The summed E-state index contributed by atoms with van der Waals surface area (Å²) in [7, 11) is 0. The molecule has 2 rings (SSSR count). The van der Waals surface area contributed by atoms with Crippen molar-refractivity contribution in [1.82, 2.24) is 9.78 Å². The van der Waals surface area contributed by atoms with E-state index in [4.69, 9.17) is 16.7 Å². The highest BCUT2D eigenvalue weighted by molar-refractivity contribution is 6.31. The minimum atomic E-state index is -1.11. The number of benzene rings is 1. The van der Waals surface area contributed by atoms with Crippen molar-refractivity contribution in [3.8, 4) is 0 Å². The van der Waals surface area contributed by atoms with Crippen LogP contribution in [0.4, 0.5) is 5.69 Å². The number of aromatic nitrogens is 2. The van der Waals surface area contributed by atoms with E-state index in [1.54, 1.807) is 11.6 Å². The molecule has 0 radical (unpaired) electrons. The Hall–Kier alpha value is -2.34. The fourth-order valence-corrected chi connectivity index (χ4v) is 2.55. The number of hydrogen-bond acceptors (Lipinski definition) is 3. The normalized spacial score (nSPS) is 10.5. The van der Waals surface area contributed by atoms with Crippen LogP contribution in [0, 0.1) is 13.8 Å². The second kappa shape index (κ2) is 6.19. The standard InChI is InChI=1S/C15H16ClN3O3/c1-4-19-9(3)13(8(2)18-19)14(20)17-12-6-10(15(21)22)5-11(16)7-12/h5-7H,4H2,1-3H3,(H,17,20)(H,21,22). The maximum Gasteiger partial charge on any atom is 0.335 e. The molecule has 0 aliphatic rings. The Labute approximate surface area is 132 Å². The molecule has 0 saturated heterocycles. The van der Waals surface area contributed by atoms with Crippen LogP contribution in [0.25, 0.3) is 0 Å². The van der Waals surface area contributed by atoms with E-state index >= 15 is 0 Å². The van der Waals surface area contributed by atoms with Crippen molar-refractivity contribution in [2.45, 2.75) is 27.3 Å². The monoisotopic (exact) mass is 321 g/mol. The third-order valence-corrected chi connectivity index (χ3v) is 3.53. The first-order valence-corrected chi connectivity index (χ1v) is 7.10. The summed E-state index contributed by atoms with van der Waals surface area (Å²) in [6, 6.07) is 4.19. The summed E-state index contributed by atoms with van der Waals surface area (Å²) in [4.78, 5) is 23.4. The second-order valence-electron chi connectivity index (χ2n) is 4.85. The molecule has 0 saturated carbocycles. The molecule has 116 valence electrons. The number of aromatic carboxylic acids is 1. The van der Waals surface area contributed by atoms with E-state index in [1.165, 1.54) is 18.2 Å². The van der Waals surface area contributed by atoms with Gasteiger partial charge in [-0.2, -0.15) is 5.10 Å². The number of halogens is 1. The maximum atomic E-state index is 12.4. The van der Waals surface area contributed by atoms with Crippen molar-refractivity contribution >= 4 is 29.2 Å². The summed E-state index contributed by atoms with van der Waals surface area (Å²) in [6.07, 6.45) is 0. The van der Waals surface area contributed by atoms with Gasteiger partial charge in [0.05, 0.1) is 16.8 Å². The number of nitrogens with one attached hydrogen (secondary N) is 1. The van der Waals surface area contributed by atoms with Gasteiger partial charge in [-0.1, -0.05) is 11.6 Å². The highest BCUT2D eigenvalue weighted by Crippen LogP contribution is 2.21. The lowest BCUT2D eigenvalue weighted by molar-refractivity contribution is 0.0696. The van der Waals surface area contributed by atoms with Crippen LogP contribution in [0.3, 0.4) is 0 Å². The summed E-state index contributed by atoms with van der Waals surface area (Å²) in [5.41, 5.74) is 2.22. The van der Waals surface area contributed by atoms with Crippen molar-refractivity contribution in [3.63, 3.8) is 0 Å². The first-order valence-electron chi connectivity index (χ1n) is 6.72. The van der Waals surface area contributed by atoms with Gasteiger partial charge in [-0.15, -0.1) is 0 Å². The number of carboxylic acids is 1. The van der Waals surface area contributed by atoms with Crippen LogP contribution in [-0.4, -0.2) is 26.8 Å². The van der Waals surface area contributed by atoms with E-state index in [1.807, 2.05) is 13.8 Å². The molecule has 1 aromatic heterocycles. The molecule has 22 heavy (non-hydrogen) atoms. The minimum absolute atomic E-state index is 0.0143. The lowest BCUT2D eigenvalue weighted by Crippen LogP contribution is -2.14. The number of carbonyl (C=O) groups excluding carboxylic acids is 1. The van der Waals surface area contributed by atoms with Gasteiger partial charge in [0.1, 0.15) is 0 Å². The number of nitrogens with zero attached hydrogens (tertiary/aromatic N) is 2. The van der Waals surface area contributed by atoms with Crippen LogP contribution in [0.2, 0.25) is 5.02 Å². The molecule has 0 aliphatic carbocycles. The predicted molar refractivity (Wildman–Crippen MR) is 83.7 cm³/mol. The molecule has 0 fully saturated rings. The molecule has 0 unspecified atom stereocenters. The quantitative estimate of drug-likeness (QED) is 0.906. The molecular weight excluding hydrogens is 306 g/mol. The molecule has 1 heterocycles. The van der Waals surface area contributed by atoms with Crippen molar-refractivity contribution in [1.29, 1.82) is 0 Å². The van der Waals surface area contributed by atoms with Crippen LogP contribution in [-0.2, 0) is 6.54 Å². The van der Waals surface area contributed by atoms with Crippen molar-refractivity contribution in [2.75, 3.05) is 5.32 Å². The Morgan fingerprint density at radius 3 is 2.55 bits per heavy atom. The summed E-state index contributed by atoms with van der Waals surface area (Å²) in [5.74, 6) is -1.45. The molecule has 0 spiro atoms. The van der Waals surface area contributed by atoms with Gasteiger partial charge < -0.3 is 10.4 Å². The number of anilines is 1. The molecule has 7 heteroatoms. The number of hydrogen-bond donors (Lipinski definition) is 2. The van der Waals surface area contributed by atoms with Gasteiger partial charge in [0, 0.05) is 22.9 Å². The second-order valence-corrected chi connectivity index (χ2v) is 5.29. The third kappa shape index (κ3) is 3.12. The predicted octanol–water partition coefficient (Wildman–Crippen LogP) is 3.12. The van der Waals surface area contributed by atoms with E-state index in [9.17, 15) is 9.59 Å². The Morgan fingerprint density at radius 1 is 1.32 bits per heavy atom. The van der Waals surface area contributed by atoms with Gasteiger partial charge in [0.15, 0.2) is 0 Å². The van der Waals surface area contributed by atoms with Crippen molar-refractivity contribution < 1.29 is 14.7 Å². The Morgan fingerprint density at radius 2 is 2.00 bits per heavy atom. The van der Waals surface area contributed by atoms with Gasteiger partial charge in [-0.3, -0.25) is 9.48 Å². The first kappa shape index (κ1) is 16.0. The lowest BCUT2D eigenvalue weighted by atomic mass is 10.1. The number of amides is 1. The molecule has 1 aromatic carbocycles. The van der Waals surface area contributed by atoms with E-state index in [0.29, 0.717) is 23.5 Å². The molecule has 0 atom stereocenters.